The summed E-state index contributed by atoms with van der Waals surface area (Å²) in [4.78, 5) is 19.7. The number of rotatable bonds is 11. The Hall–Kier alpha value is -4.79. The van der Waals surface area contributed by atoms with Crippen molar-refractivity contribution in [3.8, 4) is 11.4 Å². The van der Waals surface area contributed by atoms with E-state index in [-0.39, 0.29) is 5.91 Å². The Morgan fingerprint density at radius 2 is 1.65 bits per heavy atom. The van der Waals surface area contributed by atoms with Crippen LogP contribution in [0.3, 0.4) is 0 Å². The zero-order valence-electron chi connectivity index (χ0n) is 22.6. The van der Waals surface area contributed by atoms with Crippen LogP contribution in [0.15, 0.2) is 84.9 Å². The standard InChI is InChI=1S/C31H32N8O/c1-2-37(24-15-7-4-8-16-24)22-12-21-32-28(40)20-11-19-27-34-35-31-38(27)26-18-10-9-17-25(26)30-33-29(36-39(30)31)23-13-5-3-6-14-23/h3-10,13-18H,2,11-12,19-22H2,1H3,(H,32,40). The van der Waals surface area contributed by atoms with Crippen molar-refractivity contribution < 1.29 is 4.79 Å². The Balaban J connectivity index is 1.12. The summed E-state index contributed by atoms with van der Waals surface area (Å²) in [6.45, 7) is 4.66. The molecule has 9 heteroatoms. The molecule has 0 saturated carbocycles. The molecular formula is C31H32N8O. The van der Waals surface area contributed by atoms with Gasteiger partial charge in [0.05, 0.1) is 5.52 Å². The van der Waals surface area contributed by atoms with Gasteiger partial charge in [0.1, 0.15) is 5.82 Å². The third-order valence-corrected chi connectivity index (χ3v) is 7.16. The monoisotopic (exact) mass is 532 g/mol. The maximum absolute atomic E-state index is 12.6. The second-order valence-corrected chi connectivity index (χ2v) is 9.78. The summed E-state index contributed by atoms with van der Waals surface area (Å²) in [7, 11) is 0. The van der Waals surface area contributed by atoms with E-state index in [9.17, 15) is 4.79 Å². The number of hydrogen-bond donors (Lipinski definition) is 1. The lowest BCUT2D eigenvalue weighted by Crippen LogP contribution is -2.29. The molecule has 0 saturated heterocycles. The van der Waals surface area contributed by atoms with E-state index in [0.29, 0.717) is 37.4 Å². The average Bonchev–Trinajstić information content (AvgIpc) is 3.64. The second kappa shape index (κ2) is 11.5. The number of nitrogens with zero attached hydrogens (tertiary/aromatic N) is 7. The lowest BCUT2D eigenvalue weighted by Gasteiger charge is -2.23. The fourth-order valence-electron chi connectivity index (χ4n) is 5.15. The number of carbonyl (C=O) groups excluding carboxylic acids is 1. The molecule has 0 radical (unpaired) electrons. The molecule has 1 amide bonds. The Morgan fingerprint density at radius 3 is 2.45 bits per heavy atom. The van der Waals surface area contributed by atoms with Crippen LogP contribution in [0.1, 0.15) is 32.0 Å². The van der Waals surface area contributed by atoms with Crippen LogP contribution in [-0.4, -0.2) is 54.7 Å². The van der Waals surface area contributed by atoms with Gasteiger partial charge < -0.3 is 10.2 Å². The molecule has 1 N–H and O–H groups in total. The normalized spacial score (nSPS) is 11.4. The molecule has 0 unspecified atom stereocenters. The summed E-state index contributed by atoms with van der Waals surface area (Å²) < 4.78 is 3.80. The van der Waals surface area contributed by atoms with Crippen molar-refractivity contribution in [1.29, 1.82) is 0 Å². The predicted molar refractivity (Wildman–Crippen MR) is 157 cm³/mol. The summed E-state index contributed by atoms with van der Waals surface area (Å²) in [6, 6.07) is 28.4. The van der Waals surface area contributed by atoms with Crippen LogP contribution in [0.25, 0.3) is 33.7 Å². The molecule has 202 valence electrons. The lowest BCUT2D eigenvalue weighted by molar-refractivity contribution is -0.121. The van der Waals surface area contributed by atoms with Gasteiger partial charge in [0.15, 0.2) is 11.5 Å². The quantitative estimate of drug-likeness (QED) is 0.238. The minimum atomic E-state index is 0.0626. The van der Waals surface area contributed by atoms with Gasteiger partial charge >= 0.3 is 0 Å². The zero-order chi connectivity index (χ0) is 27.3. The van der Waals surface area contributed by atoms with E-state index < -0.39 is 0 Å². The molecule has 0 aliphatic carbocycles. The molecule has 3 aromatic carbocycles. The van der Waals surface area contributed by atoms with Gasteiger partial charge in [0.25, 0.3) is 5.78 Å². The van der Waals surface area contributed by atoms with Crippen LogP contribution in [0, 0.1) is 0 Å². The van der Waals surface area contributed by atoms with E-state index in [0.717, 1.165) is 47.4 Å². The van der Waals surface area contributed by atoms with Gasteiger partial charge in [-0.25, -0.2) is 4.98 Å². The Morgan fingerprint density at radius 1 is 0.900 bits per heavy atom. The van der Waals surface area contributed by atoms with Crippen molar-refractivity contribution in [2.45, 2.75) is 32.6 Å². The van der Waals surface area contributed by atoms with Gasteiger partial charge in [0.2, 0.25) is 5.91 Å². The van der Waals surface area contributed by atoms with Crippen molar-refractivity contribution >= 4 is 33.9 Å². The van der Waals surface area contributed by atoms with E-state index in [2.05, 4.69) is 51.6 Å². The summed E-state index contributed by atoms with van der Waals surface area (Å²) in [5.74, 6) is 2.12. The van der Waals surface area contributed by atoms with Crippen molar-refractivity contribution in [2.75, 3.05) is 24.5 Å². The van der Waals surface area contributed by atoms with Crippen molar-refractivity contribution in [1.82, 2.24) is 34.5 Å². The van der Waals surface area contributed by atoms with Gasteiger partial charge in [-0.3, -0.25) is 9.20 Å². The zero-order valence-corrected chi connectivity index (χ0v) is 22.6. The Labute approximate surface area is 232 Å². The van der Waals surface area contributed by atoms with Crippen LogP contribution >= 0.6 is 0 Å². The predicted octanol–water partition coefficient (Wildman–Crippen LogP) is 4.95. The molecule has 0 atom stereocenters. The van der Waals surface area contributed by atoms with Crippen molar-refractivity contribution in [2.24, 2.45) is 0 Å². The van der Waals surface area contributed by atoms with Crippen LogP contribution in [0.4, 0.5) is 5.69 Å². The third-order valence-electron chi connectivity index (χ3n) is 7.16. The van der Waals surface area contributed by atoms with Crippen molar-refractivity contribution in [3.63, 3.8) is 0 Å². The highest BCUT2D eigenvalue weighted by Crippen LogP contribution is 2.25. The topological polar surface area (TPSA) is 92.7 Å². The molecule has 3 heterocycles. The number of anilines is 1. The number of benzene rings is 3. The van der Waals surface area contributed by atoms with Gasteiger partial charge in [-0.15, -0.1) is 15.3 Å². The molecule has 0 fully saturated rings. The van der Waals surface area contributed by atoms with Crippen molar-refractivity contribution in [3.05, 3.63) is 90.8 Å². The average molecular weight is 533 g/mol. The first-order chi connectivity index (χ1) is 19.7. The lowest BCUT2D eigenvalue weighted by atomic mass is 10.2. The highest BCUT2D eigenvalue weighted by molar-refractivity contribution is 5.94. The number of para-hydroxylation sites is 2. The number of carbonyl (C=O) groups is 1. The van der Waals surface area contributed by atoms with Gasteiger partial charge in [-0.1, -0.05) is 60.7 Å². The number of amides is 1. The third kappa shape index (κ3) is 5.10. The van der Waals surface area contributed by atoms with E-state index in [4.69, 9.17) is 10.1 Å². The molecule has 9 nitrogen and oxygen atoms in total. The largest absolute Gasteiger partial charge is 0.372 e. The van der Waals surface area contributed by atoms with Crippen LogP contribution in [-0.2, 0) is 11.2 Å². The summed E-state index contributed by atoms with van der Waals surface area (Å²) in [6.07, 6.45) is 2.64. The highest BCUT2D eigenvalue weighted by Gasteiger charge is 2.18. The van der Waals surface area contributed by atoms with E-state index >= 15 is 0 Å². The summed E-state index contributed by atoms with van der Waals surface area (Å²) in [5, 5.41) is 17.8. The van der Waals surface area contributed by atoms with E-state index in [1.54, 1.807) is 4.52 Å². The molecule has 0 bridgehead atoms. The number of fused-ring (bicyclic) bond motifs is 6. The van der Waals surface area contributed by atoms with Crippen LogP contribution < -0.4 is 10.2 Å². The second-order valence-electron chi connectivity index (χ2n) is 9.78. The molecule has 3 aromatic heterocycles. The Kier molecular flexibility index (Phi) is 7.34. The molecule has 6 aromatic rings. The number of aromatic nitrogens is 6. The Bertz CT molecular complexity index is 1740. The summed E-state index contributed by atoms with van der Waals surface area (Å²) >= 11 is 0. The minimum absolute atomic E-state index is 0.0626. The minimum Gasteiger partial charge on any atom is -0.372 e. The first-order valence-electron chi connectivity index (χ1n) is 13.9. The first-order valence-corrected chi connectivity index (χ1v) is 13.9. The smallest absolute Gasteiger partial charge is 0.258 e. The SMILES string of the molecule is CCN(CCCNC(=O)CCCc1nnc2n3nc(-c4ccccc4)nc3c3ccccc3n12)c1ccccc1. The van der Waals surface area contributed by atoms with Gasteiger partial charge in [-0.2, -0.15) is 4.52 Å². The number of aryl methyl sites for hydroxylation is 1. The molecule has 6 rings (SSSR count). The highest BCUT2D eigenvalue weighted by atomic mass is 16.1. The van der Waals surface area contributed by atoms with Crippen LogP contribution in [0.2, 0.25) is 0 Å². The fourth-order valence-corrected chi connectivity index (χ4v) is 5.15. The summed E-state index contributed by atoms with van der Waals surface area (Å²) in [5.41, 5.74) is 3.88. The molecule has 0 aliphatic rings. The maximum atomic E-state index is 12.6. The molecule has 0 spiro atoms. The number of nitrogens with one attached hydrogen (secondary N) is 1. The van der Waals surface area contributed by atoms with Gasteiger partial charge in [0, 0.05) is 49.1 Å². The first kappa shape index (κ1) is 25.5. The van der Waals surface area contributed by atoms with Gasteiger partial charge in [-0.05, 0) is 44.0 Å². The van der Waals surface area contributed by atoms with E-state index in [1.165, 1.54) is 5.69 Å². The molecular weight excluding hydrogens is 500 g/mol. The van der Waals surface area contributed by atoms with E-state index in [1.807, 2.05) is 65.1 Å². The molecule has 0 aliphatic heterocycles. The van der Waals surface area contributed by atoms with Crippen LogP contribution in [0.5, 0.6) is 0 Å². The fraction of sp³-hybridized carbons (Fsp3) is 0.258. The maximum Gasteiger partial charge on any atom is 0.258 e. The molecule has 40 heavy (non-hydrogen) atoms. The number of hydrogen-bond acceptors (Lipinski definition) is 6.